The number of amides is 2. The van der Waals surface area contributed by atoms with Gasteiger partial charge in [-0.1, -0.05) is 56.1 Å². The Morgan fingerprint density at radius 3 is 2.23 bits per heavy atom. The third-order valence-corrected chi connectivity index (χ3v) is 15.5. The van der Waals surface area contributed by atoms with Crippen molar-refractivity contribution in [2.24, 2.45) is 5.92 Å². The van der Waals surface area contributed by atoms with E-state index in [9.17, 15) is 9.59 Å². The fraction of sp³-hybridized carbons (Fsp3) is 0.600. The van der Waals surface area contributed by atoms with Crippen LogP contribution in [-0.2, 0) is 20.4 Å². The van der Waals surface area contributed by atoms with Crippen LogP contribution in [-0.4, -0.2) is 74.9 Å². The van der Waals surface area contributed by atoms with Gasteiger partial charge in [0.1, 0.15) is 0 Å². The molecule has 2 amide bonds. The summed E-state index contributed by atoms with van der Waals surface area (Å²) in [4.78, 5) is 30.5. The van der Waals surface area contributed by atoms with Gasteiger partial charge >= 0.3 is 0 Å². The Bertz CT molecular complexity index is 1300. The van der Waals surface area contributed by atoms with Gasteiger partial charge in [0.25, 0.3) is 5.91 Å². The molecule has 44 heavy (non-hydrogen) atoms. The van der Waals surface area contributed by atoms with Crippen molar-refractivity contribution in [1.29, 1.82) is 0 Å². The van der Waals surface area contributed by atoms with Crippen LogP contribution >= 0.6 is 23.2 Å². The van der Waals surface area contributed by atoms with Gasteiger partial charge in [0.05, 0.1) is 6.61 Å². The Labute approximate surface area is 274 Å². The summed E-state index contributed by atoms with van der Waals surface area (Å²) in [5.74, 6) is 0.147. The number of benzene rings is 2. The number of carbonyl (C=O) groups is 2. The highest BCUT2D eigenvalue weighted by molar-refractivity contribution is 6.74. The minimum Gasteiger partial charge on any atom is -0.414 e. The summed E-state index contributed by atoms with van der Waals surface area (Å²) < 4.78 is 12.2. The van der Waals surface area contributed by atoms with Gasteiger partial charge in [-0.15, -0.1) is 0 Å². The highest BCUT2D eigenvalue weighted by Crippen LogP contribution is 2.41. The minimum absolute atomic E-state index is 0.0243. The summed E-state index contributed by atoms with van der Waals surface area (Å²) >= 11 is 13.6. The van der Waals surface area contributed by atoms with Crippen molar-refractivity contribution in [2.45, 2.75) is 96.0 Å². The van der Waals surface area contributed by atoms with Gasteiger partial charge < -0.3 is 19.0 Å². The van der Waals surface area contributed by atoms with Crippen molar-refractivity contribution in [1.82, 2.24) is 9.80 Å². The predicted molar refractivity (Wildman–Crippen MR) is 181 cm³/mol. The molecule has 2 aromatic carbocycles. The van der Waals surface area contributed by atoms with Crippen molar-refractivity contribution < 1.29 is 18.8 Å². The Morgan fingerprint density at radius 1 is 0.932 bits per heavy atom. The van der Waals surface area contributed by atoms with E-state index in [2.05, 4.69) is 38.8 Å². The molecule has 2 aromatic rings. The fourth-order valence-electron chi connectivity index (χ4n) is 6.53. The zero-order valence-electron chi connectivity index (χ0n) is 27.0. The highest BCUT2D eigenvalue weighted by atomic mass is 35.5. The number of likely N-dealkylation sites (tertiary alicyclic amines) is 1. The van der Waals surface area contributed by atoms with Crippen LogP contribution in [0.2, 0.25) is 28.2 Å². The molecule has 3 fully saturated rings. The van der Waals surface area contributed by atoms with Crippen molar-refractivity contribution >= 4 is 43.3 Å². The third-order valence-electron chi connectivity index (χ3n) is 10.3. The largest absolute Gasteiger partial charge is 0.414 e. The zero-order chi connectivity index (χ0) is 31.6. The van der Waals surface area contributed by atoms with Crippen LogP contribution in [0.3, 0.4) is 0 Å². The lowest BCUT2D eigenvalue weighted by molar-refractivity contribution is -0.133. The topological polar surface area (TPSA) is 59.1 Å². The maximum Gasteiger partial charge on any atom is 0.253 e. The molecule has 0 bridgehead atoms. The molecule has 0 aromatic heterocycles. The van der Waals surface area contributed by atoms with Crippen LogP contribution in [0.1, 0.15) is 75.2 Å². The molecule has 1 saturated carbocycles. The lowest BCUT2D eigenvalue weighted by Gasteiger charge is -2.42. The molecule has 0 radical (unpaired) electrons. The molecule has 1 atom stereocenters. The average Bonchev–Trinajstić information content (AvgIpc) is 3.15. The van der Waals surface area contributed by atoms with Crippen molar-refractivity contribution in [3.8, 4) is 11.1 Å². The van der Waals surface area contributed by atoms with Crippen LogP contribution in [0.4, 0.5) is 0 Å². The first-order valence-electron chi connectivity index (χ1n) is 16.3. The fourth-order valence-corrected chi connectivity index (χ4v) is 8.60. The monoisotopic (exact) mass is 658 g/mol. The Kier molecular flexibility index (Phi) is 10.5. The molecule has 240 valence electrons. The SMILES string of the molecule is CC(C)(C)[Si](C)(C)OC1CCC(N2CC[C@@H](Cc3c(Cl)cc(-c4ccc(C(=O)N5CCCOCC5)cc4)cc3Cl)C2=O)CC1. The summed E-state index contributed by atoms with van der Waals surface area (Å²) in [6.45, 7) is 14.9. The number of nitrogens with zero attached hydrogens (tertiary/aromatic N) is 2. The Balaban J connectivity index is 1.18. The zero-order valence-corrected chi connectivity index (χ0v) is 29.5. The molecular weight excluding hydrogens is 611 g/mol. The molecule has 2 aliphatic heterocycles. The van der Waals surface area contributed by atoms with Crippen molar-refractivity contribution in [2.75, 3.05) is 32.8 Å². The van der Waals surface area contributed by atoms with Crippen LogP contribution in [0, 0.1) is 5.92 Å². The van der Waals surface area contributed by atoms with Crippen molar-refractivity contribution in [3.63, 3.8) is 0 Å². The summed E-state index contributed by atoms with van der Waals surface area (Å²) in [7, 11) is -1.79. The second-order valence-electron chi connectivity index (χ2n) is 14.3. The first-order valence-corrected chi connectivity index (χ1v) is 19.9. The van der Waals surface area contributed by atoms with E-state index in [0.717, 1.165) is 61.8 Å². The number of rotatable bonds is 7. The molecule has 2 heterocycles. The lowest BCUT2D eigenvalue weighted by atomic mass is 9.92. The molecule has 3 aliphatic rings. The molecule has 6 nitrogen and oxygen atoms in total. The second kappa shape index (κ2) is 13.8. The van der Waals surface area contributed by atoms with Gasteiger partial charge in [0.2, 0.25) is 5.91 Å². The number of hydrogen-bond acceptors (Lipinski definition) is 4. The van der Waals surface area contributed by atoms with E-state index in [-0.39, 0.29) is 22.8 Å². The first-order chi connectivity index (χ1) is 20.8. The highest BCUT2D eigenvalue weighted by Gasteiger charge is 2.42. The summed E-state index contributed by atoms with van der Waals surface area (Å²) in [5, 5.41) is 1.36. The van der Waals surface area contributed by atoms with E-state index in [4.69, 9.17) is 32.4 Å². The van der Waals surface area contributed by atoms with Crippen LogP contribution in [0.25, 0.3) is 11.1 Å². The Hall–Kier alpha value is -1.90. The summed E-state index contributed by atoms with van der Waals surface area (Å²) in [5.41, 5.74) is 3.32. The predicted octanol–water partition coefficient (Wildman–Crippen LogP) is 8.25. The molecule has 9 heteroatoms. The van der Waals surface area contributed by atoms with Gasteiger partial charge in [-0.3, -0.25) is 9.59 Å². The number of halogens is 2. The van der Waals surface area contributed by atoms with Gasteiger partial charge in [-0.25, -0.2) is 0 Å². The van der Waals surface area contributed by atoms with E-state index in [0.29, 0.717) is 60.5 Å². The van der Waals surface area contributed by atoms with E-state index in [1.54, 1.807) is 0 Å². The quantitative estimate of drug-likeness (QED) is 0.281. The number of ether oxygens (including phenoxy) is 1. The third kappa shape index (κ3) is 7.55. The first kappa shape index (κ1) is 33.5. The van der Waals surface area contributed by atoms with Gasteiger partial charge in [-0.05, 0) is 104 Å². The van der Waals surface area contributed by atoms with E-state index in [1.165, 1.54) is 0 Å². The van der Waals surface area contributed by atoms with E-state index < -0.39 is 8.32 Å². The van der Waals surface area contributed by atoms with E-state index in [1.807, 2.05) is 41.3 Å². The number of hydrogen-bond donors (Lipinski definition) is 0. The molecular formula is C35H48Cl2N2O4Si. The van der Waals surface area contributed by atoms with Crippen LogP contribution < -0.4 is 0 Å². The second-order valence-corrected chi connectivity index (χ2v) is 19.9. The van der Waals surface area contributed by atoms with Gasteiger partial charge in [0.15, 0.2) is 8.32 Å². The molecule has 0 unspecified atom stereocenters. The molecule has 0 spiro atoms. The Morgan fingerprint density at radius 2 is 1.59 bits per heavy atom. The molecule has 0 N–H and O–H groups in total. The van der Waals surface area contributed by atoms with Crippen molar-refractivity contribution in [3.05, 3.63) is 57.6 Å². The minimum atomic E-state index is -1.79. The van der Waals surface area contributed by atoms with Crippen LogP contribution in [0.5, 0.6) is 0 Å². The van der Waals surface area contributed by atoms with Gasteiger partial charge in [0, 0.05) is 59.9 Å². The summed E-state index contributed by atoms with van der Waals surface area (Å²) in [6, 6.07) is 11.7. The van der Waals surface area contributed by atoms with Crippen LogP contribution in [0.15, 0.2) is 36.4 Å². The molecule has 2 saturated heterocycles. The van der Waals surface area contributed by atoms with E-state index >= 15 is 0 Å². The number of carbonyl (C=O) groups excluding carboxylic acids is 2. The normalized spacial score (nSPS) is 23.6. The standard InChI is InChI=1S/C35H48Cl2N2O4Si/c1-35(2,3)44(4,5)43-29-13-11-28(12-14-29)39-17-15-26(34(39)41)21-30-31(36)22-27(23-32(30)37)24-7-9-25(10-8-24)33(40)38-16-6-19-42-20-18-38/h7-10,22-23,26,28-29H,6,11-21H2,1-5H3/t26-,28?,29?/m0/s1. The molecule has 1 aliphatic carbocycles. The summed E-state index contributed by atoms with van der Waals surface area (Å²) in [6.07, 6.45) is 6.58. The lowest BCUT2D eigenvalue weighted by Crippen LogP contribution is -2.47. The smallest absolute Gasteiger partial charge is 0.253 e. The molecule has 5 rings (SSSR count). The average molecular weight is 660 g/mol. The maximum atomic E-state index is 13.6. The maximum absolute atomic E-state index is 13.6. The van der Waals surface area contributed by atoms with Gasteiger partial charge in [-0.2, -0.15) is 0 Å².